The number of hydrogen-bond donors (Lipinski definition) is 1. The van der Waals surface area contributed by atoms with Crippen molar-refractivity contribution in [3.05, 3.63) is 51.5 Å². The Hall–Kier alpha value is -1.03. The third-order valence-corrected chi connectivity index (χ3v) is 3.05. The summed E-state index contributed by atoms with van der Waals surface area (Å²) in [4.78, 5) is 3.45. The van der Waals surface area contributed by atoms with Crippen LogP contribution in [0.1, 0.15) is 0 Å². The lowest BCUT2D eigenvalue weighted by atomic mass is 10.3. The third-order valence-electron chi connectivity index (χ3n) is 2.02. The summed E-state index contributed by atoms with van der Waals surface area (Å²) in [6.45, 7) is 0. The summed E-state index contributed by atoms with van der Waals surface area (Å²) in [5, 5.41) is 4.06. The van der Waals surface area contributed by atoms with Crippen molar-refractivity contribution in [2.24, 2.45) is 0 Å². The molecule has 0 atom stereocenters. The lowest BCUT2D eigenvalue weighted by Crippen LogP contribution is -1.93. The molecule has 0 fully saturated rings. The lowest BCUT2D eigenvalue weighted by molar-refractivity contribution is 0.584. The van der Waals surface area contributed by atoms with E-state index < -0.39 is 5.95 Å². The largest absolute Gasteiger partial charge is 0.354 e. The second kappa shape index (κ2) is 5.08. The van der Waals surface area contributed by atoms with Crippen molar-refractivity contribution in [2.75, 3.05) is 5.32 Å². The standard InChI is InChI=1S/C11H6Cl3FN2/c12-7-4-9(14)10(5-8(7)13)17-6-1-2-16-11(15)3-6/h1-5H,(H,16,17). The van der Waals surface area contributed by atoms with E-state index in [1.807, 2.05) is 0 Å². The molecule has 2 aromatic rings. The van der Waals surface area contributed by atoms with Gasteiger partial charge in [-0.05, 0) is 18.2 Å². The number of rotatable bonds is 2. The zero-order valence-electron chi connectivity index (χ0n) is 8.35. The van der Waals surface area contributed by atoms with Gasteiger partial charge in [-0.25, -0.2) is 4.98 Å². The number of nitrogens with one attached hydrogen (secondary N) is 1. The zero-order chi connectivity index (χ0) is 12.4. The molecule has 0 saturated carbocycles. The van der Waals surface area contributed by atoms with Crippen molar-refractivity contribution in [2.45, 2.75) is 0 Å². The van der Waals surface area contributed by atoms with E-state index in [4.69, 9.17) is 34.8 Å². The highest BCUT2D eigenvalue weighted by atomic mass is 35.5. The number of halogens is 4. The summed E-state index contributed by atoms with van der Waals surface area (Å²) >= 11 is 17.6. The number of nitrogens with zero attached hydrogens (tertiary/aromatic N) is 1. The van der Waals surface area contributed by atoms with Crippen LogP contribution in [0.4, 0.5) is 15.8 Å². The summed E-state index contributed by atoms with van der Waals surface area (Å²) < 4.78 is 12.9. The van der Waals surface area contributed by atoms with Crippen LogP contribution in [-0.4, -0.2) is 4.98 Å². The minimum Gasteiger partial charge on any atom is -0.354 e. The van der Waals surface area contributed by atoms with Crippen LogP contribution in [0.5, 0.6) is 0 Å². The molecule has 1 heterocycles. The van der Waals surface area contributed by atoms with Crippen LogP contribution in [0, 0.1) is 5.95 Å². The predicted octanol–water partition coefficient (Wildman–Crippen LogP) is 4.92. The van der Waals surface area contributed by atoms with Crippen molar-refractivity contribution < 1.29 is 4.39 Å². The first-order chi connectivity index (χ1) is 8.06. The Morgan fingerprint density at radius 3 is 2.41 bits per heavy atom. The number of aromatic nitrogens is 1. The predicted molar refractivity (Wildman–Crippen MR) is 68.9 cm³/mol. The molecule has 0 bridgehead atoms. The second-order valence-corrected chi connectivity index (χ2v) is 4.46. The first-order valence-corrected chi connectivity index (χ1v) is 5.73. The van der Waals surface area contributed by atoms with E-state index in [-0.39, 0.29) is 0 Å². The molecule has 88 valence electrons. The van der Waals surface area contributed by atoms with E-state index in [0.29, 0.717) is 26.4 Å². The van der Waals surface area contributed by atoms with Gasteiger partial charge in [0.15, 0.2) is 0 Å². The molecular formula is C11H6Cl3FN2. The molecule has 0 aliphatic carbocycles. The van der Waals surface area contributed by atoms with Crippen LogP contribution in [0.3, 0.4) is 0 Å². The highest BCUT2D eigenvalue weighted by molar-refractivity contribution is 6.44. The SMILES string of the molecule is Fc1cc(Nc2cc(Cl)c(Cl)cc2Cl)ccn1. The molecule has 2 rings (SSSR count). The van der Waals surface area contributed by atoms with Crippen LogP contribution in [0.15, 0.2) is 30.5 Å². The van der Waals surface area contributed by atoms with Gasteiger partial charge in [0, 0.05) is 18.0 Å². The zero-order valence-corrected chi connectivity index (χ0v) is 10.6. The normalized spacial score (nSPS) is 10.4. The third kappa shape index (κ3) is 3.00. The highest BCUT2D eigenvalue weighted by Gasteiger charge is 2.06. The van der Waals surface area contributed by atoms with Gasteiger partial charge in [-0.3, -0.25) is 0 Å². The number of hydrogen-bond acceptors (Lipinski definition) is 2. The molecule has 6 heteroatoms. The van der Waals surface area contributed by atoms with Gasteiger partial charge in [0.05, 0.1) is 20.8 Å². The smallest absolute Gasteiger partial charge is 0.214 e. The molecule has 1 aromatic carbocycles. The van der Waals surface area contributed by atoms with Gasteiger partial charge in [0.1, 0.15) is 0 Å². The lowest BCUT2D eigenvalue weighted by Gasteiger charge is -2.09. The summed E-state index contributed by atoms with van der Waals surface area (Å²) in [5.41, 5.74) is 1.07. The average Bonchev–Trinajstić information content (AvgIpc) is 2.26. The van der Waals surface area contributed by atoms with Crippen LogP contribution < -0.4 is 5.32 Å². The Labute approximate surface area is 112 Å². The molecule has 17 heavy (non-hydrogen) atoms. The Morgan fingerprint density at radius 1 is 1.00 bits per heavy atom. The number of pyridine rings is 1. The van der Waals surface area contributed by atoms with Crippen molar-refractivity contribution in [1.82, 2.24) is 4.98 Å². The minimum absolute atomic E-state index is 0.364. The number of benzene rings is 1. The van der Waals surface area contributed by atoms with Gasteiger partial charge in [0.2, 0.25) is 5.95 Å². The quantitative estimate of drug-likeness (QED) is 0.627. The molecule has 0 saturated heterocycles. The molecule has 0 aliphatic rings. The van der Waals surface area contributed by atoms with E-state index in [1.54, 1.807) is 12.1 Å². The summed E-state index contributed by atoms with van der Waals surface area (Å²) in [6, 6.07) is 5.96. The van der Waals surface area contributed by atoms with Gasteiger partial charge < -0.3 is 5.32 Å². The van der Waals surface area contributed by atoms with Crippen LogP contribution >= 0.6 is 34.8 Å². The van der Waals surface area contributed by atoms with E-state index in [0.717, 1.165) is 0 Å². The summed E-state index contributed by atoms with van der Waals surface area (Å²) in [6.07, 6.45) is 1.35. The fourth-order valence-electron chi connectivity index (χ4n) is 1.25. The van der Waals surface area contributed by atoms with Crippen molar-refractivity contribution in [1.29, 1.82) is 0 Å². The molecule has 0 spiro atoms. The molecular weight excluding hydrogens is 285 g/mol. The van der Waals surface area contributed by atoms with Gasteiger partial charge >= 0.3 is 0 Å². The monoisotopic (exact) mass is 290 g/mol. The summed E-state index contributed by atoms with van der Waals surface area (Å²) in [7, 11) is 0. The second-order valence-electron chi connectivity index (χ2n) is 3.24. The fraction of sp³-hybridized carbons (Fsp3) is 0. The fourth-order valence-corrected chi connectivity index (χ4v) is 1.85. The maximum Gasteiger partial charge on any atom is 0.214 e. The van der Waals surface area contributed by atoms with Gasteiger partial charge in [0.25, 0.3) is 0 Å². The van der Waals surface area contributed by atoms with Gasteiger partial charge in [-0.15, -0.1) is 0 Å². The van der Waals surface area contributed by atoms with E-state index in [2.05, 4.69) is 10.3 Å². The van der Waals surface area contributed by atoms with Crippen molar-refractivity contribution >= 4 is 46.2 Å². The Balaban J connectivity index is 2.33. The average molecular weight is 292 g/mol. The Morgan fingerprint density at radius 2 is 1.71 bits per heavy atom. The molecule has 2 nitrogen and oxygen atoms in total. The Kier molecular flexibility index (Phi) is 3.72. The van der Waals surface area contributed by atoms with E-state index in [1.165, 1.54) is 18.3 Å². The first-order valence-electron chi connectivity index (χ1n) is 4.59. The van der Waals surface area contributed by atoms with Crippen LogP contribution in [-0.2, 0) is 0 Å². The molecule has 1 N–H and O–H groups in total. The van der Waals surface area contributed by atoms with Crippen LogP contribution in [0.2, 0.25) is 15.1 Å². The Bertz CT molecular complexity index is 560. The van der Waals surface area contributed by atoms with E-state index in [9.17, 15) is 4.39 Å². The van der Waals surface area contributed by atoms with Gasteiger partial charge in [-0.1, -0.05) is 34.8 Å². The molecule has 1 aromatic heterocycles. The molecule has 0 amide bonds. The molecule has 0 radical (unpaired) electrons. The number of anilines is 2. The highest BCUT2D eigenvalue weighted by Crippen LogP contribution is 2.33. The van der Waals surface area contributed by atoms with Crippen LogP contribution in [0.25, 0.3) is 0 Å². The summed E-state index contributed by atoms with van der Waals surface area (Å²) in [5.74, 6) is -0.578. The van der Waals surface area contributed by atoms with E-state index >= 15 is 0 Å². The van der Waals surface area contributed by atoms with Crippen molar-refractivity contribution in [3.8, 4) is 0 Å². The first kappa shape index (κ1) is 12.4. The molecule has 0 unspecified atom stereocenters. The topological polar surface area (TPSA) is 24.9 Å². The van der Waals surface area contributed by atoms with Gasteiger partial charge in [-0.2, -0.15) is 4.39 Å². The molecule has 0 aliphatic heterocycles. The maximum absolute atomic E-state index is 12.9. The maximum atomic E-state index is 12.9. The van der Waals surface area contributed by atoms with Crippen molar-refractivity contribution in [3.63, 3.8) is 0 Å². The minimum atomic E-state index is -0.578.